The second-order valence-electron chi connectivity index (χ2n) is 4.11. The molecule has 0 spiro atoms. The third-order valence-corrected chi connectivity index (χ3v) is 2.69. The van der Waals surface area contributed by atoms with Gasteiger partial charge in [-0.25, -0.2) is 9.78 Å². The Morgan fingerprint density at radius 1 is 1.59 bits per heavy atom. The zero-order chi connectivity index (χ0) is 12.4. The molecule has 1 heterocycles. The Bertz CT molecular complexity index is 449. The lowest BCUT2D eigenvalue weighted by Gasteiger charge is -2.09. The molecular formula is C11H15N3O3. The smallest absolute Gasteiger partial charge is 0.356 e. The van der Waals surface area contributed by atoms with Gasteiger partial charge in [-0.2, -0.15) is 0 Å². The number of nitrogens with zero attached hydrogens (tertiary/aromatic N) is 2. The van der Waals surface area contributed by atoms with Gasteiger partial charge in [-0.05, 0) is 19.8 Å². The van der Waals surface area contributed by atoms with Crippen molar-refractivity contribution >= 4 is 11.9 Å². The topological polar surface area (TPSA) is 73.2 Å². The lowest BCUT2D eigenvalue weighted by molar-refractivity contribution is -0.121. The van der Waals surface area contributed by atoms with Crippen LogP contribution in [0.2, 0.25) is 0 Å². The summed E-state index contributed by atoms with van der Waals surface area (Å²) in [5, 5.41) is 2.86. The molecule has 0 atom stereocenters. The molecular weight excluding hydrogens is 222 g/mol. The third kappa shape index (κ3) is 2.64. The van der Waals surface area contributed by atoms with Crippen molar-refractivity contribution in [3.63, 3.8) is 0 Å². The molecule has 1 N–H and O–H groups in total. The zero-order valence-corrected chi connectivity index (χ0v) is 9.90. The minimum absolute atomic E-state index is 0.0984. The van der Waals surface area contributed by atoms with Crippen molar-refractivity contribution in [2.24, 2.45) is 0 Å². The summed E-state index contributed by atoms with van der Waals surface area (Å²) in [6.45, 7) is 1.85. The van der Waals surface area contributed by atoms with E-state index in [1.165, 1.54) is 13.3 Å². The monoisotopic (exact) mass is 237 g/mol. The molecule has 1 fully saturated rings. The number of carbonyl (C=O) groups excluding carboxylic acids is 2. The highest BCUT2D eigenvalue weighted by Gasteiger charge is 2.24. The van der Waals surface area contributed by atoms with Crippen LogP contribution in [0, 0.1) is 6.92 Å². The first-order valence-corrected chi connectivity index (χ1v) is 5.51. The van der Waals surface area contributed by atoms with Gasteiger partial charge in [-0.15, -0.1) is 0 Å². The van der Waals surface area contributed by atoms with Gasteiger partial charge >= 0.3 is 5.97 Å². The van der Waals surface area contributed by atoms with Gasteiger partial charge in [0.1, 0.15) is 18.1 Å². The highest BCUT2D eigenvalue weighted by molar-refractivity contribution is 5.88. The molecule has 0 aromatic carbocycles. The summed E-state index contributed by atoms with van der Waals surface area (Å²) in [6.07, 6.45) is 3.50. The minimum Gasteiger partial charge on any atom is -0.464 e. The molecule has 1 aliphatic carbocycles. The van der Waals surface area contributed by atoms with Crippen molar-refractivity contribution in [2.45, 2.75) is 32.4 Å². The first kappa shape index (κ1) is 11.6. The number of aromatic nitrogens is 2. The average Bonchev–Trinajstić information content (AvgIpc) is 3.03. The van der Waals surface area contributed by atoms with E-state index < -0.39 is 5.97 Å². The van der Waals surface area contributed by atoms with Crippen molar-refractivity contribution in [1.82, 2.24) is 14.9 Å². The summed E-state index contributed by atoms with van der Waals surface area (Å²) >= 11 is 0. The third-order valence-electron chi connectivity index (χ3n) is 2.69. The Balaban J connectivity index is 2.10. The normalized spacial score (nSPS) is 14.5. The number of aryl methyl sites for hydroxylation is 1. The number of ether oxygens (including phenoxy) is 1. The fourth-order valence-corrected chi connectivity index (χ4v) is 1.58. The first-order valence-electron chi connectivity index (χ1n) is 5.51. The fraction of sp³-hybridized carbons (Fsp3) is 0.545. The number of hydrogen-bond donors (Lipinski definition) is 1. The largest absolute Gasteiger partial charge is 0.464 e. The zero-order valence-electron chi connectivity index (χ0n) is 9.90. The van der Waals surface area contributed by atoms with E-state index in [0.717, 1.165) is 12.8 Å². The van der Waals surface area contributed by atoms with Crippen LogP contribution in [0.3, 0.4) is 0 Å². The van der Waals surface area contributed by atoms with E-state index in [1.807, 2.05) is 0 Å². The first-order chi connectivity index (χ1) is 8.11. The lowest BCUT2D eigenvalue weighted by atomic mass is 10.4. The molecule has 1 aromatic heterocycles. The van der Waals surface area contributed by atoms with Gasteiger partial charge in [0.15, 0.2) is 0 Å². The lowest BCUT2D eigenvalue weighted by Crippen LogP contribution is -2.30. The van der Waals surface area contributed by atoms with Gasteiger partial charge in [0.25, 0.3) is 0 Å². The van der Waals surface area contributed by atoms with Crippen molar-refractivity contribution in [2.75, 3.05) is 7.11 Å². The maximum Gasteiger partial charge on any atom is 0.356 e. The maximum absolute atomic E-state index is 11.7. The van der Waals surface area contributed by atoms with E-state index in [0.29, 0.717) is 17.6 Å². The molecule has 17 heavy (non-hydrogen) atoms. The predicted octanol–water partition coefficient (Wildman–Crippen LogP) is 0.257. The summed E-state index contributed by atoms with van der Waals surface area (Å²) in [5.41, 5.74) is 0.302. The summed E-state index contributed by atoms with van der Waals surface area (Å²) in [7, 11) is 1.30. The van der Waals surface area contributed by atoms with Crippen LogP contribution in [-0.2, 0) is 16.1 Å². The van der Waals surface area contributed by atoms with Crippen molar-refractivity contribution in [3.05, 3.63) is 17.7 Å². The van der Waals surface area contributed by atoms with Crippen LogP contribution in [0.15, 0.2) is 6.20 Å². The van der Waals surface area contributed by atoms with E-state index in [9.17, 15) is 9.59 Å². The molecule has 2 rings (SSSR count). The molecule has 1 saturated carbocycles. The van der Waals surface area contributed by atoms with E-state index in [-0.39, 0.29) is 12.5 Å². The van der Waals surface area contributed by atoms with Gasteiger partial charge in [0, 0.05) is 6.04 Å². The molecule has 1 amide bonds. The van der Waals surface area contributed by atoms with E-state index in [4.69, 9.17) is 0 Å². The Labute approximate surface area is 99.0 Å². The standard InChI is InChI=1S/C11H15N3O3/c1-7-12-5-9(11(16)17-2)14(7)6-10(15)13-8-3-4-8/h5,8H,3-4,6H2,1-2H3,(H,13,15). The quantitative estimate of drug-likeness (QED) is 0.762. The summed E-state index contributed by atoms with van der Waals surface area (Å²) in [4.78, 5) is 27.1. The van der Waals surface area contributed by atoms with Gasteiger partial charge in [-0.3, -0.25) is 4.79 Å². The van der Waals surface area contributed by atoms with Gasteiger partial charge in [0.2, 0.25) is 5.91 Å². The number of imidazole rings is 1. The summed E-state index contributed by atoms with van der Waals surface area (Å²) < 4.78 is 6.19. The molecule has 1 aromatic rings. The van der Waals surface area contributed by atoms with Crippen molar-refractivity contribution < 1.29 is 14.3 Å². The van der Waals surface area contributed by atoms with Crippen LogP contribution < -0.4 is 5.32 Å². The molecule has 0 aliphatic heterocycles. The molecule has 6 nitrogen and oxygen atoms in total. The SMILES string of the molecule is COC(=O)c1cnc(C)n1CC(=O)NC1CC1. The van der Waals surface area contributed by atoms with E-state index >= 15 is 0 Å². The molecule has 0 unspecified atom stereocenters. The van der Waals surface area contributed by atoms with Crippen LogP contribution in [0.5, 0.6) is 0 Å². The number of esters is 1. The van der Waals surface area contributed by atoms with Crippen LogP contribution in [-0.4, -0.2) is 34.6 Å². The van der Waals surface area contributed by atoms with E-state index in [2.05, 4.69) is 15.0 Å². The van der Waals surface area contributed by atoms with Gasteiger partial charge in [-0.1, -0.05) is 0 Å². The van der Waals surface area contributed by atoms with Crippen molar-refractivity contribution in [3.8, 4) is 0 Å². The van der Waals surface area contributed by atoms with Gasteiger partial charge < -0.3 is 14.6 Å². The molecule has 6 heteroatoms. The fourth-order valence-electron chi connectivity index (χ4n) is 1.58. The molecule has 0 saturated heterocycles. The maximum atomic E-state index is 11.7. The molecule has 92 valence electrons. The predicted molar refractivity (Wildman–Crippen MR) is 59.5 cm³/mol. The number of nitrogens with one attached hydrogen (secondary N) is 1. The number of amides is 1. The Morgan fingerprint density at radius 2 is 2.29 bits per heavy atom. The highest BCUT2D eigenvalue weighted by atomic mass is 16.5. The van der Waals surface area contributed by atoms with Crippen molar-refractivity contribution in [1.29, 1.82) is 0 Å². The summed E-state index contributed by atoms with van der Waals surface area (Å²) in [6, 6.07) is 0.313. The second-order valence-corrected chi connectivity index (χ2v) is 4.11. The Kier molecular flexibility index (Phi) is 3.12. The van der Waals surface area contributed by atoms with E-state index in [1.54, 1.807) is 11.5 Å². The number of carbonyl (C=O) groups is 2. The van der Waals surface area contributed by atoms with Crippen LogP contribution in [0.25, 0.3) is 0 Å². The number of methoxy groups -OCH3 is 1. The average molecular weight is 237 g/mol. The molecule has 0 bridgehead atoms. The van der Waals surface area contributed by atoms with Crippen LogP contribution in [0.4, 0.5) is 0 Å². The van der Waals surface area contributed by atoms with Crippen LogP contribution in [0.1, 0.15) is 29.2 Å². The Hall–Kier alpha value is -1.85. The summed E-state index contributed by atoms with van der Waals surface area (Å²) in [5.74, 6) is 0.0416. The molecule has 0 radical (unpaired) electrons. The second kappa shape index (κ2) is 4.57. The number of rotatable bonds is 4. The van der Waals surface area contributed by atoms with Gasteiger partial charge in [0.05, 0.1) is 13.3 Å². The van der Waals surface area contributed by atoms with Crippen LogP contribution >= 0.6 is 0 Å². The number of hydrogen-bond acceptors (Lipinski definition) is 4. The highest BCUT2D eigenvalue weighted by Crippen LogP contribution is 2.18. The Morgan fingerprint density at radius 3 is 2.88 bits per heavy atom. The molecule has 1 aliphatic rings. The minimum atomic E-state index is -0.482.